The van der Waals surface area contributed by atoms with Crippen LogP contribution in [0.5, 0.6) is 0 Å². The Morgan fingerprint density at radius 3 is 2.62 bits per heavy atom. The van der Waals surface area contributed by atoms with Crippen molar-refractivity contribution in [2.45, 2.75) is 13.3 Å². The van der Waals surface area contributed by atoms with Crippen molar-refractivity contribution in [2.24, 2.45) is 17.1 Å². The molecule has 1 aliphatic rings. The van der Waals surface area contributed by atoms with Gasteiger partial charge in [0.25, 0.3) is 0 Å². The van der Waals surface area contributed by atoms with Crippen molar-refractivity contribution in [1.29, 1.82) is 0 Å². The second kappa shape index (κ2) is 1.71. The molecule has 8 heavy (non-hydrogen) atoms. The van der Waals surface area contributed by atoms with Crippen LogP contribution in [0, 0.1) is 11.3 Å². The minimum atomic E-state index is 0.286. The van der Waals surface area contributed by atoms with Gasteiger partial charge in [-0.1, -0.05) is 6.92 Å². The highest BCUT2D eigenvalue weighted by molar-refractivity contribution is 4.98. The Bertz CT molecular complexity index is 94.5. The molecule has 1 aliphatic carbocycles. The Hall–Kier alpha value is -0.0800. The van der Waals surface area contributed by atoms with Gasteiger partial charge < -0.3 is 10.8 Å². The van der Waals surface area contributed by atoms with Crippen molar-refractivity contribution >= 4 is 0 Å². The van der Waals surface area contributed by atoms with E-state index in [4.69, 9.17) is 10.8 Å². The van der Waals surface area contributed by atoms with E-state index in [1.165, 1.54) is 0 Å². The molecule has 2 heteroatoms. The van der Waals surface area contributed by atoms with Crippen LogP contribution in [0.2, 0.25) is 0 Å². The van der Waals surface area contributed by atoms with Gasteiger partial charge in [0.1, 0.15) is 0 Å². The van der Waals surface area contributed by atoms with Crippen molar-refractivity contribution in [3.8, 4) is 0 Å². The lowest BCUT2D eigenvalue weighted by Crippen LogP contribution is -2.14. The lowest BCUT2D eigenvalue weighted by atomic mass is 10.1. The minimum absolute atomic E-state index is 0.286. The molecular weight excluding hydrogens is 102 g/mol. The first kappa shape index (κ1) is 6.05. The number of hydrogen-bond acceptors (Lipinski definition) is 2. The van der Waals surface area contributed by atoms with E-state index in [0.29, 0.717) is 12.5 Å². The predicted molar refractivity (Wildman–Crippen MR) is 32.4 cm³/mol. The van der Waals surface area contributed by atoms with Gasteiger partial charge in [0.15, 0.2) is 0 Å². The van der Waals surface area contributed by atoms with Crippen LogP contribution in [-0.4, -0.2) is 18.3 Å². The van der Waals surface area contributed by atoms with Crippen LogP contribution in [-0.2, 0) is 0 Å². The Morgan fingerprint density at radius 1 is 1.88 bits per heavy atom. The average molecular weight is 115 g/mol. The topological polar surface area (TPSA) is 46.2 Å². The molecule has 0 aromatic carbocycles. The lowest BCUT2D eigenvalue weighted by Gasteiger charge is -2.02. The second-order valence-electron chi connectivity index (χ2n) is 2.94. The van der Waals surface area contributed by atoms with E-state index in [2.05, 4.69) is 6.92 Å². The van der Waals surface area contributed by atoms with Crippen LogP contribution in [0.25, 0.3) is 0 Å². The van der Waals surface area contributed by atoms with Crippen LogP contribution >= 0.6 is 0 Å². The highest BCUT2D eigenvalue weighted by atomic mass is 16.3. The van der Waals surface area contributed by atoms with Gasteiger partial charge in [-0.15, -0.1) is 0 Å². The molecule has 0 bridgehead atoms. The molecule has 2 nitrogen and oxygen atoms in total. The summed E-state index contributed by atoms with van der Waals surface area (Å²) >= 11 is 0. The minimum Gasteiger partial charge on any atom is -0.396 e. The van der Waals surface area contributed by atoms with E-state index in [0.717, 1.165) is 13.0 Å². The highest BCUT2D eigenvalue weighted by Crippen LogP contribution is 2.50. The van der Waals surface area contributed by atoms with E-state index >= 15 is 0 Å². The summed E-state index contributed by atoms with van der Waals surface area (Å²) in [6.07, 6.45) is 1.11. The third-order valence-corrected chi connectivity index (χ3v) is 2.22. The van der Waals surface area contributed by atoms with Crippen LogP contribution in [0.3, 0.4) is 0 Å². The summed E-state index contributed by atoms with van der Waals surface area (Å²) < 4.78 is 0. The monoisotopic (exact) mass is 115 g/mol. The van der Waals surface area contributed by atoms with Crippen LogP contribution in [0.15, 0.2) is 0 Å². The van der Waals surface area contributed by atoms with Crippen LogP contribution in [0.4, 0.5) is 0 Å². The van der Waals surface area contributed by atoms with Crippen molar-refractivity contribution < 1.29 is 5.11 Å². The number of nitrogens with two attached hydrogens (primary N) is 1. The number of aliphatic hydroxyl groups is 1. The Morgan fingerprint density at radius 2 is 2.50 bits per heavy atom. The fourth-order valence-corrected chi connectivity index (χ4v) is 1.04. The van der Waals surface area contributed by atoms with Gasteiger partial charge in [0.2, 0.25) is 0 Å². The maximum Gasteiger partial charge on any atom is 0.0465 e. The molecule has 1 rings (SSSR count). The number of rotatable bonds is 2. The zero-order valence-corrected chi connectivity index (χ0v) is 5.22. The van der Waals surface area contributed by atoms with Gasteiger partial charge in [-0.2, -0.15) is 0 Å². The highest BCUT2D eigenvalue weighted by Gasteiger charge is 2.47. The van der Waals surface area contributed by atoms with E-state index in [-0.39, 0.29) is 5.41 Å². The fourth-order valence-electron chi connectivity index (χ4n) is 1.04. The fraction of sp³-hybridized carbons (Fsp3) is 1.00. The largest absolute Gasteiger partial charge is 0.396 e. The molecule has 2 atom stereocenters. The molecule has 0 amide bonds. The maximum atomic E-state index is 8.62. The van der Waals surface area contributed by atoms with E-state index in [9.17, 15) is 0 Å². The molecule has 0 radical (unpaired) electrons. The first-order valence-electron chi connectivity index (χ1n) is 3.04. The molecule has 0 heterocycles. The third-order valence-electron chi connectivity index (χ3n) is 2.22. The number of aliphatic hydroxyl groups excluding tert-OH is 1. The molecule has 0 saturated heterocycles. The van der Waals surface area contributed by atoms with Crippen molar-refractivity contribution in [3.63, 3.8) is 0 Å². The predicted octanol–water partition coefficient (Wildman–Crippen LogP) is -0.0364. The normalized spacial score (nSPS) is 44.6. The summed E-state index contributed by atoms with van der Waals surface area (Å²) in [4.78, 5) is 0. The second-order valence-corrected chi connectivity index (χ2v) is 2.94. The molecular formula is C6H13NO. The molecule has 0 aromatic rings. The molecule has 0 aromatic heterocycles. The summed E-state index contributed by atoms with van der Waals surface area (Å²) in [6, 6.07) is 0. The molecule has 1 fully saturated rings. The van der Waals surface area contributed by atoms with E-state index < -0.39 is 0 Å². The van der Waals surface area contributed by atoms with E-state index in [1.54, 1.807) is 0 Å². The number of hydrogen-bond donors (Lipinski definition) is 2. The zero-order chi connectivity index (χ0) is 6.20. The van der Waals surface area contributed by atoms with Gasteiger partial charge in [0, 0.05) is 6.61 Å². The molecule has 2 unspecified atom stereocenters. The standard InChI is InChI=1S/C6H13NO/c1-6(4-7)2-5(6)3-8/h5,8H,2-4,7H2,1H3. The Balaban J connectivity index is 2.31. The molecule has 3 N–H and O–H groups in total. The Kier molecular flexibility index (Phi) is 1.29. The van der Waals surface area contributed by atoms with Crippen LogP contribution in [0.1, 0.15) is 13.3 Å². The van der Waals surface area contributed by atoms with Gasteiger partial charge in [-0.3, -0.25) is 0 Å². The third kappa shape index (κ3) is 0.740. The summed E-state index contributed by atoms with van der Waals surface area (Å²) in [7, 11) is 0. The first-order chi connectivity index (χ1) is 3.73. The molecule has 0 spiro atoms. The lowest BCUT2D eigenvalue weighted by molar-refractivity contribution is 0.255. The van der Waals surface area contributed by atoms with Gasteiger partial charge >= 0.3 is 0 Å². The van der Waals surface area contributed by atoms with Gasteiger partial charge in [-0.25, -0.2) is 0 Å². The zero-order valence-electron chi connectivity index (χ0n) is 5.22. The van der Waals surface area contributed by atoms with Gasteiger partial charge in [0.05, 0.1) is 0 Å². The van der Waals surface area contributed by atoms with Crippen LogP contribution < -0.4 is 5.73 Å². The Labute approximate surface area is 49.7 Å². The summed E-state index contributed by atoms with van der Waals surface area (Å²) in [5.41, 5.74) is 5.71. The molecule has 1 saturated carbocycles. The quantitative estimate of drug-likeness (QED) is 0.530. The summed E-state index contributed by atoms with van der Waals surface area (Å²) in [6.45, 7) is 3.15. The maximum absolute atomic E-state index is 8.62. The summed E-state index contributed by atoms with van der Waals surface area (Å²) in [5.74, 6) is 0.493. The molecule has 48 valence electrons. The molecule has 0 aliphatic heterocycles. The SMILES string of the molecule is CC1(CN)CC1CO. The van der Waals surface area contributed by atoms with Crippen molar-refractivity contribution in [2.75, 3.05) is 13.2 Å². The average Bonchev–Trinajstić information content (AvgIpc) is 2.44. The van der Waals surface area contributed by atoms with E-state index in [1.807, 2.05) is 0 Å². The smallest absolute Gasteiger partial charge is 0.0465 e. The first-order valence-corrected chi connectivity index (χ1v) is 3.04. The van der Waals surface area contributed by atoms with Gasteiger partial charge in [-0.05, 0) is 24.3 Å². The summed E-state index contributed by atoms with van der Waals surface area (Å²) in [5, 5.41) is 8.62. The van der Waals surface area contributed by atoms with Crippen molar-refractivity contribution in [3.05, 3.63) is 0 Å². The van der Waals surface area contributed by atoms with Crippen molar-refractivity contribution in [1.82, 2.24) is 0 Å².